The summed E-state index contributed by atoms with van der Waals surface area (Å²) < 4.78 is 0. The first-order valence-corrected chi connectivity index (χ1v) is 10.5. The minimum absolute atomic E-state index is 0.120. The van der Waals surface area contributed by atoms with E-state index < -0.39 is 13.8 Å². The molecule has 0 saturated heterocycles. The summed E-state index contributed by atoms with van der Waals surface area (Å²) in [5.74, 6) is 0.120. The molecule has 2 rings (SSSR count). The second-order valence-corrected chi connectivity index (χ2v) is 11.2. The Hall–Kier alpha value is -0.903. The Kier molecular flexibility index (Phi) is 3.99. The summed E-state index contributed by atoms with van der Waals surface area (Å²) in [4.78, 5) is 16.2. The Labute approximate surface area is 120 Å². The second kappa shape index (κ2) is 5.23. The van der Waals surface area contributed by atoms with Gasteiger partial charge in [-0.05, 0) is 30.5 Å². The van der Waals surface area contributed by atoms with E-state index in [1.807, 2.05) is 30.3 Å². The lowest BCUT2D eigenvalue weighted by Gasteiger charge is -2.40. The fourth-order valence-electron chi connectivity index (χ4n) is 2.66. The van der Waals surface area contributed by atoms with Crippen LogP contribution in [0.1, 0.15) is 18.4 Å². The molecule has 1 atom stereocenters. The summed E-state index contributed by atoms with van der Waals surface area (Å²) in [6.07, 6.45) is 5.31. The molecular weight excluding hydrogens is 274 g/mol. The number of ketones is 1. The van der Waals surface area contributed by atoms with Crippen LogP contribution >= 0.6 is 11.6 Å². The van der Waals surface area contributed by atoms with Gasteiger partial charge in [0.05, 0.1) is 0 Å². The molecule has 1 aromatic rings. The minimum Gasteiger partial charge on any atom is -0.322 e. The van der Waals surface area contributed by atoms with Crippen molar-refractivity contribution in [3.05, 3.63) is 47.0 Å². The average Bonchev–Trinajstić information content (AvgIpc) is 2.31. The summed E-state index contributed by atoms with van der Waals surface area (Å²) in [7, 11) is -1.63. The molecule has 2 nitrogen and oxygen atoms in total. The fraction of sp³-hybridized carbons (Fsp3) is 0.400. The molecule has 19 heavy (non-hydrogen) atoms. The number of hydrogen-bond acceptors (Lipinski definition) is 2. The SMILES string of the molecule is C[Si](C)(C)NC1(c2ccccc2Cl)CCC=CC1=O. The Balaban J connectivity index is 2.55. The zero-order valence-corrected chi connectivity index (χ0v) is 13.4. The molecule has 0 radical (unpaired) electrons. The van der Waals surface area contributed by atoms with Gasteiger partial charge in [-0.2, -0.15) is 0 Å². The normalized spacial score (nSPS) is 23.7. The maximum absolute atomic E-state index is 12.6. The van der Waals surface area contributed by atoms with Crippen molar-refractivity contribution in [2.75, 3.05) is 0 Å². The largest absolute Gasteiger partial charge is 0.322 e. The average molecular weight is 294 g/mol. The van der Waals surface area contributed by atoms with Gasteiger partial charge in [-0.1, -0.05) is 55.5 Å². The smallest absolute Gasteiger partial charge is 0.179 e. The van der Waals surface area contributed by atoms with Gasteiger partial charge < -0.3 is 4.98 Å². The number of benzene rings is 1. The van der Waals surface area contributed by atoms with E-state index in [9.17, 15) is 4.79 Å². The zero-order chi connectivity index (χ0) is 14.1. The summed E-state index contributed by atoms with van der Waals surface area (Å²) >= 11 is 6.34. The molecule has 0 spiro atoms. The molecule has 1 N–H and O–H groups in total. The molecule has 4 heteroatoms. The van der Waals surface area contributed by atoms with E-state index >= 15 is 0 Å². The number of carbonyl (C=O) groups excluding carboxylic acids is 1. The van der Waals surface area contributed by atoms with Crippen LogP contribution in [0.3, 0.4) is 0 Å². The third-order valence-electron chi connectivity index (χ3n) is 3.30. The first-order valence-electron chi connectivity index (χ1n) is 6.60. The first kappa shape index (κ1) is 14.5. The van der Waals surface area contributed by atoms with Crippen molar-refractivity contribution in [2.45, 2.75) is 38.0 Å². The standard InChI is InChI=1S/C15H20ClNOSi/c1-19(2,3)17-15(11-7-6-10-14(15)18)12-8-4-5-9-13(12)16/h4-6,8-10,17H,7,11H2,1-3H3. The number of carbonyl (C=O) groups is 1. The van der Waals surface area contributed by atoms with Crippen molar-refractivity contribution in [2.24, 2.45) is 0 Å². The lowest BCUT2D eigenvalue weighted by Crippen LogP contribution is -2.59. The summed E-state index contributed by atoms with van der Waals surface area (Å²) in [5.41, 5.74) is 0.269. The molecule has 1 aliphatic rings. The summed E-state index contributed by atoms with van der Waals surface area (Å²) in [6.45, 7) is 6.62. The van der Waals surface area contributed by atoms with Gasteiger partial charge in [0.2, 0.25) is 0 Å². The second-order valence-electron chi connectivity index (χ2n) is 6.07. The van der Waals surface area contributed by atoms with Gasteiger partial charge in [0.15, 0.2) is 5.78 Å². The van der Waals surface area contributed by atoms with Crippen LogP contribution in [0.2, 0.25) is 24.7 Å². The van der Waals surface area contributed by atoms with Gasteiger partial charge in [0, 0.05) is 5.02 Å². The molecule has 1 aromatic carbocycles. The molecular formula is C15H20ClNOSi. The molecule has 1 aliphatic carbocycles. The van der Waals surface area contributed by atoms with Crippen molar-refractivity contribution in [3.8, 4) is 0 Å². The lowest BCUT2D eigenvalue weighted by atomic mass is 9.79. The number of hydrogen-bond donors (Lipinski definition) is 1. The van der Waals surface area contributed by atoms with Gasteiger partial charge in [-0.15, -0.1) is 0 Å². The molecule has 0 bridgehead atoms. The van der Waals surface area contributed by atoms with Crippen molar-refractivity contribution >= 4 is 25.6 Å². The lowest BCUT2D eigenvalue weighted by molar-refractivity contribution is -0.121. The van der Waals surface area contributed by atoms with E-state index in [1.54, 1.807) is 6.08 Å². The molecule has 0 fully saturated rings. The molecule has 0 heterocycles. The molecule has 0 aliphatic heterocycles. The highest BCUT2D eigenvalue weighted by atomic mass is 35.5. The van der Waals surface area contributed by atoms with Crippen LogP contribution in [-0.2, 0) is 10.3 Å². The van der Waals surface area contributed by atoms with Gasteiger partial charge in [0.25, 0.3) is 0 Å². The predicted molar refractivity (Wildman–Crippen MR) is 83.0 cm³/mol. The predicted octanol–water partition coefficient (Wildman–Crippen LogP) is 3.88. The van der Waals surface area contributed by atoms with Gasteiger partial charge in [0.1, 0.15) is 13.8 Å². The van der Waals surface area contributed by atoms with Crippen LogP contribution in [0.15, 0.2) is 36.4 Å². The fourth-order valence-corrected chi connectivity index (χ4v) is 4.62. The molecule has 0 aromatic heterocycles. The molecule has 1 unspecified atom stereocenters. The number of nitrogens with one attached hydrogen (secondary N) is 1. The summed E-state index contributed by atoms with van der Waals surface area (Å²) in [5, 5.41) is 0.664. The van der Waals surface area contributed by atoms with E-state index in [2.05, 4.69) is 24.6 Å². The van der Waals surface area contributed by atoms with E-state index in [0.29, 0.717) is 5.02 Å². The monoisotopic (exact) mass is 293 g/mol. The Morgan fingerprint density at radius 1 is 1.26 bits per heavy atom. The number of rotatable bonds is 3. The topological polar surface area (TPSA) is 29.1 Å². The van der Waals surface area contributed by atoms with Crippen LogP contribution < -0.4 is 4.98 Å². The van der Waals surface area contributed by atoms with Crippen LogP contribution in [0.25, 0.3) is 0 Å². The highest BCUT2D eigenvalue weighted by molar-refractivity contribution is 6.74. The van der Waals surface area contributed by atoms with Crippen molar-refractivity contribution in [1.82, 2.24) is 4.98 Å². The van der Waals surface area contributed by atoms with Gasteiger partial charge in [-0.25, -0.2) is 0 Å². The maximum Gasteiger partial charge on any atom is 0.179 e. The third kappa shape index (κ3) is 2.99. The van der Waals surface area contributed by atoms with Crippen molar-refractivity contribution in [1.29, 1.82) is 0 Å². The highest BCUT2D eigenvalue weighted by Gasteiger charge is 2.43. The van der Waals surface area contributed by atoms with Crippen LogP contribution in [0.5, 0.6) is 0 Å². The van der Waals surface area contributed by atoms with E-state index in [-0.39, 0.29) is 5.78 Å². The van der Waals surface area contributed by atoms with Crippen LogP contribution in [0.4, 0.5) is 0 Å². The third-order valence-corrected chi connectivity index (χ3v) is 4.80. The van der Waals surface area contributed by atoms with E-state index in [4.69, 9.17) is 11.6 Å². The van der Waals surface area contributed by atoms with Gasteiger partial charge >= 0.3 is 0 Å². The van der Waals surface area contributed by atoms with Gasteiger partial charge in [-0.3, -0.25) is 4.79 Å². The van der Waals surface area contributed by atoms with Crippen molar-refractivity contribution in [3.63, 3.8) is 0 Å². The zero-order valence-electron chi connectivity index (χ0n) is 11.7. The van der Waals surface area contributed by atoms with E-state index in [1.165, 1.54) is 0 Å². The van der Waals surface area contributed by atoms with Crippen molar-refractivity contribution < 1.29 is 4.79 Å². The Bertz CT molecular complexity index is 521. The van der Waals surface area contributed by atoms with E-state index in [0.717, 1.165) is 18.4 Å². The van der Waals surface area contributed by atoms with Crippen LogP contribution in [0, 0.1) is 0 Å². The first-order chi connectivity index (χ1) is 8.85. The molecule has 0 amide bonds. The minimum atomic E-state index is -1.63. The molecule has 102 valence electrons. The quantitative estimate of drug-likeness (QED) is 0.857. The number of allylic oxidation sites excluding steroid dienone is 1. The highest BCUT2D eigenvalue weighted by Crippen LogP contribution is 2.36. The molecule has 0 saturated carbocycles. The number of halogens is 1. The maximum atomic E-state index is 12.6. The summed E-state index contributed by atoms with van der Waals surface area (Å²) in [6, 6.07) is 7.67. The Morgan fingerprint density at radius 2 is 1.95 bits per heavy atom. The van der Waals surface area contributed by atoms with Crippen LogP contribution in [-0.4, -0.2) is 14.0 Å². The Morgan fingerprint density at radius 3 is 2.53 bits per heavy atom.